The Bertz CT molecular complexity index is 1180. The zero-order valence-electron chi connectivity index (χ0n) is 15.3. The lowest BCUT2D eigenvalue weighted by molar-refractivity contribution is -0.116. The van der Waals surface area contributed by atoms with Crippen LogP contribution < -0.4 is 9.62 Å². The van der Waals surface area contributed by atoms with Gasteiger partial charge in [0.15, 0.2) is 5.13 Å². The van der Waals surface area contributed by atoms with E-state index in [2.05, 4.69) is 9.71 Å². The van der Waals surface area contributed by atoms with Gasteiger partial charge in [0.25, 0.3) is 10.0 Å². The number of benzene rings is 2. The highest BCUT2D eigenvalue weighted by atomic mass is 35.5. The van der Waals surface area contributed by atoms with Gasteiger partial charge in [0.1, 0.15) is 0 Å². The highest BCUT2D eigenvalue weighted by Crippen LogP contribution is 2.39. The number of hydrogen-bond acceptors (Lipinski definition) is 6. The molecule has 0 bridgehead atoms. The summed E-state index contributed by atoms with van der Waals surface area (Å²) in [7, 11) is -3.73. The van der Waals surface area contributed by atoms with Gasteiger partial charge in [-0.15, -0.1) is 23.1 Å². The molecule has 1 fully saturated rings. The van der Waals surface area contributed by atoms with E-state index in [1.54, 1.807) is 34.5 Å². The number of halogens is 2. The molecule has 4 rings (SSSR count). The fourth-order valence-electron chi connectivity index (χ4n) is 3.00. The number of aromatic nitrogens is 1. The van der Waals surface area contributed by atoms with Gasteiger partial charge < -0.3 is 4.90 Å². The van der Waals surface area contributed by atoms with E-state index in [1.807, 2.05) is 6.07 Å². The fraction of sp³-hybridized carbons (Fsp3) is 0.158. The average molecular weight is 502 g/mol. The van der Waals surface area contributed by atoms with Gasteiger partial charge in [-0.2, -0.15) is 0 Å². The summed E-state index contributed by atoms with van der Waals surface area (Å²) in [6.45, 7) is 0.540. The molecule has 2 aromatic carbocycles. The number of hydrogen-bond donors (Lipinski definition) is 1. The minimum absolute atomic E-state index is 0. The van der Waals surface area contributed by atoms with Gasteiger partial charge in [-0.25, -0.2) is 13.4 Å². The molecule has 1 amide bonds. The van der Waals surface area contributed by atoms with Crippen LogP contribution in [0.5, 0.6) is 0 Å². The van der Waals surface area contributed by atoms with Crippen LogP contribution in [0.15, 0.2) is 63.8 Å². The maximum atomic E-state index is 12.9. The predicted molar refractivity (Wildman–Crippen MR) is 125 cm³/mol. The summed E-state index contributed by atoms with van der Waals surface area (Å²) in [6.07, 6.45) is 2.17. The number of rotatable bonds is 6. The van der Waals surface area contributed by atoms with E-state index < -0.39 is 10.0 Å². The van der Waals surface area contributed by atoms with Crippen molar-refractivity contribution in [2.24, 2.45) is 0 Å². The molecule has 3 aromatic rings. The van der Waals surface area contributed by atoms with Crippen molar-refractivity contribution in [3.63, 3.8) is 0 Å². The van der Waals surface area contributed by atoms with Crippen LogP contribution >= 0.6 is 46.3 Å². The lowest BCUT2D eigenvalue weighted by Crippen LogP contribution is -2.28. The van der Waals surface area contributed by atoms with E-state index in [-0.39, 0.29) is 17.5 Å². The molecular formula is C19H17Cl2N3O3S3. The van der Waals surface area contributed by atoms with Gasteiger partial charge in [0.2, 0.25) is 5.91 Å². The highest BCUT2D eigenvalue weighted by Gasteiger charge is 2.34. The van der Waals surface area contributed by atoms with Crippen LogP contribution in [-0.2, 0) is 14.8 Å². The molecule has 1 N–H and O–H groups in total. The average Bonchev–Trinajstić information content (AvgIpc) is 3.35. The smallest absolute Gasteiger partial charge is 0.263 e. The molecule has 1 atom stereocenters. The maximum Gasteiger partial charge on any atom is 0.263 e. The summed E-state index contributed by atoms with van der Waals surface area (Å²) in [5.41, 5.74) is 0.647. The number of nitrogens with zero attached hydrogens (tertiary/aromatic N) is 2. The van der Waals surface area contributed by atoms with Gasteiger partial charge in [-0.05, 0) is 42.8 Å². The number of anilines is 2. The topological polar surface area (TPSA) is 79.4 Å². The fourth-order valence-corrected chi connectivity index (χ4v) is 6.41. The minimum atomic E-state index is -3.73. The first-order valence-electron chi connectivity index (χ1n) is 8.79. The minimum Gasteiger partial charge on any atom is -0.311 e. The molecule has 0 spiro atoms. The molecule has 1 aromatic heterocycles. The second kappa shape index (κ2) is 8.76. The second-order valence-corrected chi connectivity index (χ2v) is 11.0. The summed E-state index contributed by atoms with van der Waals surface area (Å²) < 4.78 is 27.3. The molecular weight excluding hydrogens is 485 g/mol. The van der Waals surface area contributed by atoms with E-state index in [4.69, 9.17) is 23.2 Å². The van der Waals surface area contributed by atoms with Crippen molar-refractivity contribution in [1.82, 2.24) is 4.98 Å². The monoisotopic (exact) mass is 501 g/mol. The molecule has 1 saturated heterocycles. The van der Waals surface area contributed by atoms with Gasteiger partial charge in [0.05, 0.1) is 20.2 Å². The van der Waals surface area contributed by atoms with Crippen molar-refractivity contribution in [2.75, 3.05) is 16.2 Å². The lowest BCUT2D eigenvalue weighted by atomic mass is 10.3. The number of thiazole rings is 1. The quantitative estimate of drug-likeness (QED) is 0.489. The summed E-state index contributed by atoms with van der Waals surface area (Å²) in [4.78, 5) is 19.3. The molecule has 1 aliphatic rings. The zero-order valence-corrected chi connectivity index (χ0v) is 19.2. The normalized spacial score (nSPS) is 16.8. The number of thioether (sulfide) groups is 1. The summed E-state index contributed by atoms with van der Waals surface area (Å²) in [5.74, 6) is -0.0486. The molecule has 2 heterocycles. The Labute approximate surface area is 193 Å². The Morgan fingerprint density at radius 1 is 1.20 bits per heavy atom. The highest BCUT2D eigenvalue weighted by molar-refractivity contribution is 8.00. The van der Waals surface area contributed by atoms with Crippen molar-refractivity contribution >= 4 is 73.0 Å². The van der Waals surface area contributed by atoms with E-state index >= 15 is 0 Å². The summed E-state index contributed by atoms with van der Waals surface area (Å²) >= 11 is 14.9. The summed E-state index contributed by atoms with van der Waals surface area (Å²) in [6, 6.07) is 11.6. The maximum absolute atomic E-state index is 12.9. The van der Waals surface area contributed by atoms with Crippen LogP contribution in [0.4, 0.5) is 10.8 Å². The van der Waals surface area contributed by atoms with Gasteiger partial charge in [-0.1, -0.05) is 29.3 Å². The van der Waals surface area contributed by atoms with Crippen molar-refractivity contribution in [3.05, 3.63) is 64.1 Å². The Kier molecular flexibility index (Phi) is 6.26. The number of nitrogens with one attached hydrogen (secondary N) is 1. The molecule has 0 aliphatic carbocycles. The third-order valence-corrected chi connectivity index (χ3v) is 8.87. The zero-order chi connectivity index (χ0) is 21.3. The standard InChI is InChI=1S/C19H15Cl2N3O3S3.H2/c20-14-2-1-3-15(17(14)21)29-16-8-10-24(18(16)25)12-4-6-13(7-5-12)30(26,27)23-19-22-9-11-28-19;/h1-7,9,11,16H,8,10H2,(H,22,23);1H. The van der Waals surface area contributed by atoms with E-state index in [9.17, 15) is 13.2 Å². The van der Waals surface area contributed by atoms with E-state index in [1.165, 1.54) is 41.4 Å². The van der Waals surface area contributed by atoms with Crippen LogP contribution in [-0.4, -0.2) is 31.1 Å². The van der Waals surface area contributed by atoms with Crippen molar-refractivity contribution in [3.8, 4) is 0 Å². The van der Waals surface area contributed by atoms with Gasteiger partial charge in [-0.3, -0.25) is 9.52 Å². The van der Waals surface area contributed by atoms with Crippen LogP contribution in [0.1, 0.15) is 7.85 Å². The third kappa shape index (κ3) is 4.45. The molecule has 1 unspecified atom stereocenters. The van der Waals surface area contributed by atoms with Crippen LogP contribution in [0.3, 0.4) is 0 Å². The number of carbonyl (C=O) groups excluding carboxylic acids is 1. The molecule has 0 radical (unpaired) electrons. The Morgan fingerprint density at radius 2 is 1.97 bits per heavy atom. The van der Waals surface area contributed by atoms with Crippen LogP contribution in [0.25, 0.3) is 0 Å². The Balaban J connectivity index is 0.00000272. The first kappa shape index (κ1) is 21.5. The van der Waals surface area contributed by atoms with Crippen molar-refractivity contribution in [2.45, 2.75) is 21.5 Å². The van der Waals surface area contributed by atoms with Gasteiger partial charge >= 0.3 is 0 Å². The van der Waals surface area contributed by atoms with E-state index in [0.29, 0.717) is 33.8 Å². The molecule has 0 saturated carbocycles. The SMILES string of the molecule is O=C1C(Sc2cccc(Cl)c2Cl)CCN1c1ccc(S(=O)(=O)Nc2nccs2)cc1.[HH]. The predicted octanol–water partition coefficient (Wildman–Crippen LogP) is 5.39. The molecule has 1 aliphatic heterocycles. The molecule has 158 valence electrons. The van der Waals surface area contributed by atoms with Crippen molar-refractivity contribution in [1.29, 1.82) is 0 Å². The largest absolute Gasteiger partial charge is 0.311 e. The Hall–Kier alpha value is -1.78. The molecule has 6 nitrogen and oxygen atoms in total. The first-order chi connectivity index (χ1) is 14.3. The first-order valence-corrected chi connectivity index (χ1v) is 12.8. The molecule has 30 heavy (non-hydrogen) atoms. The van der Waals surface area contributed by atoms with Crippen LogP contribution in [0, 0.1) is 0 Å². The molecule has 11 heteroatoms. The Morgan fingerprint density at radius 3 is 2.67 bits per heavy atom. The number of sulfonamides is 1. The van der Waals surface area contributed by atoms with Crippen molar-refractivity contribution < 1.29 is 14.6 Å². The van der Waals surface area contributed by atoms with Crippen LogP contribution in [0.2, 0.25) is 10.0 Å². The number of amides is 1. The third-order valence-electron chi connectivity index (χ3n) is 4.45. The van der Waals surface area contributed by atoms with Gasteiger partial charge in [0, 0.05) is 30.1 Å². The number of carbonyl (C=O) groups is 1. The van der Waals surface area contributed by atoms with E-state index in [0.717, 1.165) is 4.90 Å². The lowest BCUT2D eigenvalue weighted by Gasteiger charge is -2.17. The summed E-state index contributed by atoms with van der Waals surface area (Å²) in [5, 5.41) is 2.60. The second-order valence-electron chi connectivity index (χ2n) is 6.37.